The van der Waals surface area contributed by atoms with E-state index in [9.17, 15) is 14.4 Å². The van der Waals surface area contributed by atoms with Crippen molar-refractivity contribution in [3.05, 3.63) is 12.2 Å². The fourth-order valence-electron chi connectivity index (χ4n) is 1.75. The molecule has 19 heavy (non-hydrogen) atoms. The molecule has 1 aliphatic rings. The van der Waals surface area contributed by atoms with E-state index in [0.717, 1.165) is 12.8 Å². The van der Waals surface area contributed by atoms with Gasteiger partial charge in [0.15, 0.2) is 6.61 Å². The molecule has 6 heteroatoms. The summed E-state index contributed by atoms with van der Waals surface area (Å²) in [7, 11) is 0. The molecular formula is C13H20N2O4. The Morgan fingerprint density at radius 3 is 2.63 bits per heavy atom. The third-order valence-electron chi connectivity index (χ3n) is 2.77. The lowest BCUT2D eigenvalue weighted by Crippen LogP contribution is -2.38. The molecule has 0 aromatic carbocycles. The van der Waals surface area contributed by atoms with Crippen molar-refractivity contribution in [2.75, 3.05) is 19.7 Å². The zero-order valence-electron chi connectivity index (χ0n) is 11.1. The molecule has 106 valence electrons. The first-order valence-corrected chi connectivity index (χ1v) is 6.48. The molecule has 0 aliphatic heterocycles. The minimum atomic E-state index is -0.467. The zero-order valence-corrected chi connectivity index (χ0v) is 11.1. The molecule has 0 aromatic rings. The van der Waals surface area contributed by atoms with Crippen LogP contribution in [0.25, 0.3) is 0 Å². The van der Waals surface area contributed by atoms with E-state index >= 15 is 0 Å². The summed E-state index contributed by atoms with van der Waals surface area (Å²) in [6, 6.07) is 0. The summed E-state index contributed by atoms with van der Waals surface area (Å²) >= 11 is 0. The number of rotatable bonds is 6. The summed E-state index contributed by atoms with van der Waals surface area (Å²) in [4.78, 5) is 34.1. The van der Waals surface area contributed by atoms with Gasteiger partial charge in [0, 0.05) is 6.54 Å². The SMILES string of the molecule is CCNC(=O)CNC(=O)COC(=O)[C@H]1CC=CCC1. The maximum atomic E-state index is 11.6. The predicted octanol–water partition coefficient (Wildman–Crippen LogP) is 0.138. The lowest BCUT2D eigenvalue weighted by Gasteiger charge is -2.16. The van der Waals surface area contributed by atoms with Crippen molar-refractivity contribution in [3.8, 4) is 0 Å². The van der Waals surface area contributed by atoms with Crippen LogP contribution in [0.4, 0.5) is 0 Å². The summed E-state index contributed by atoms with van der Waals surface area (Å²) in [6.45, 7) is 1.87. The Balaban J connectivity index is 2.17. The van der Waals surface area contributed by atoms with Gasteiger partial charge in [0.1, 0.15) is 0 Å². The van der Waals surface area contributed by atoms with E-state index in [0.29, 0.717) is 13.0 Å². The Labute approximate surface area is 112 Å². The lowest BCUT2D eigenvalue weighted by atomic mass is 9.95. The lowest BCUT2D eigenvalue weighted by molar-refractivity contribution is -0.152. The van der Waals surface area contributed by atoms with Crippen LogP contribution in [-0.2, 0) is 19.1 Å². The molecule has 1 aliphatic carbocycles. The van der Waals surface area contributed by atoms with E-state index in [4.69, 9.17) is 4.74 Å². The maximum Gasteiger partial charge on any atom is 0.309 e. The van der Waals surface area contributed by atoms with Crippen molar-refractivity contribution < 1.29 is 19.1 Å². The van der Waals surface area contributed by atoms with Crippen molar-refractivity contribution in [2.45, 2.75) is 26.2 Å². The number of hydrogen-bond donors (Lipinski definition) is 2. The van der Waals surface area contributed by atoms with Crippen LogP contribution in [0.2, 0.25) is 0 Å². The minimum Gasteiger partial charge on any atom is -0.455 e. The van der Waals surface area contributed by atoms with Gasteiger partial charge in [-0.05, 0) is 26.2 Å². The molecular weight excluding hydrogens is 248 g/mol. The fraction of sp³-hybridized carbons (Fsp3) is 0.615. The Hall–Kier alpha value is -1.85. The number of hydrogen-bond acceptors (Lipinski definition) is 4. The van der Waals surface area contributed by atoms with Crippen molar-refractivity contribution in [1.82, 2.24) is 10.6 Å². The van der Waals surface area contributed by atoms with E-state index in [1.807, 2.05) is 12.2 Å². The largest absolute Gasteiger partial charge is 0.455 e. The first kappa shape index (κ1) is 15.2. The van der Waals surface area contributed by atoms with Crippen LogP contribution in [0, 0.1) is 5.92 Å². The number of nitrogens with one attached hydrogen (secondary N) is 2. The normalized spacial score (nSPS) is 17.6. The molecule has 2 N–H and O–H groups in total. The van der Waals surface area contributed by atoms with Gasteiger partial charge in [-0.25, -0.2) is 0 Å². The van der Waals surface area contributed by atoms with E-state index < -0.39 is 5.91 Å². The molecule has 0 fully saturated rings. The monoisotopic (exact) mass is 268 g/mol. The molecule has 0 bridgehead atoms. The van der Waals surface area contributed by atoms with Gasteiger partial charge in [-0.3, -0.25) is 14.4 Å². The van der Waals surface area contributed by atoms with Gasteiger partial charge in [-0.2, -0.15) is 0 Å². The zero-order chi connectivity index (χ0) is 14.1. The summed E-state index contributed by atoms with van der Waals surface area (Å²) < 4.78 is 4.92. The van der Waals surface area contributed by atoms with Gasteiger partial charge in [0.05, 0.1) is 12.5 Å². The van der Waals surface area contributed by atoms with E-state index in [2.05, 4.69) is 10.6 Å². The second kappa shape index (κ2) is 8.29. The fourth-order valence-corrected chi connectivity index (χ4v) is 1.75. The van der Waals surface area contributed by atoms with Crippen LogP contribution >= 0.6 is 0 Å². The molecule has 0 unspecified atom stereocenters. The second-order valence-electron chi connectivity index (χ2n) is 4.32. The molecule has 0 spiro atoms. The van der Waals surface area contributed by atoms with Crippen molar-refractivity contribution in [1.29, 1.82) is 0 Å². The van der Waals surface area contributed by atoms with Crippen molar-refractivity contribution in [3.63, 3.8) is 0 Å². The van der Waals surface area contributed by atoms with Crippen LogP contribution in [0.5, 0.6) is 0 Å². The molecule has 2 amide bonds. The Bertz CT molecular complexity index is 366. The highest BCUT2D eigenvalue weighted by Crippen LogP contribution is 2.19. The number of esters is 1. The molecule has 1 rings (SSSR count). The van der Waals surface area contributed by atoms with Crippen molar-refractivity contribution >= 4 is 17.8 Å². The molecule has 0 radical (unpaired) electrons. The van der Waals surface area contributed by atoms with Crippen LogP contribution in [0.1, 0.15) is 26.2 Å². The predicted molar refractivity (Wildman–Crippen MR) is 69.1 cm³/mol. The third kappa shape index (κ3) is 6.03. The average Bonchev–Trinajstić information content (AvgIpc) is 2.44. The highest BCUT2D eigenvalue weighted by molar-refractivity contribution is 5.86. The first-order valence-electron chi connectivity index (χ1n) is 6.48. The van der Waals surface area contributed by atoms with Crippen LogP contribution in [-0.4, -0.2) is 37.5 Å². The first-order chi connectivity index (χ1) is 9.13. The van der Waals surface area contributed by atoms with Gasteiger partial charge < -0.3 is 15.4 Å². The third-order valence-corrected chi connectivity index (χ3v) is 2.77. The van der Waals surface area contributed by atoms with Crippen molar-refractivity contribution in [2.24, 2.45) is 5.92 Å². The van der Waals surface area contributed by atoms with Gasteiger partial charge in [-0.15, -0.1) is 0 Å². The molecule has 0 heterocycles. The number of carbonyl (C=O) groups excluding carboxylic acids is 3. The highest BCUT2D eigenvalue weighted by Gasteiger charge is 2.20. The van der Waals surface area contributed by atoms with Gasteiger partial charge in [-0.1, -0.05) is 12.2 Å². The number of allylic oxidation sites excluding steroid dienone is 2. The van der Waals surface area contributed by atoms with Crippen LogP contribution in [0.15, 0.2) is 12.2 Å². The topological polar surface area (TPSA) is 84.5 Å². The number of amides is 2. The second-order valence-corrected chi connectivity index (χ2v) is 4.32. The molecule has 6 nitrogen and oxygen atoms in total. The number of ether oxygens (including phenoxy) is 1. The molecule has 0 saturated carbocycles. The smallest absolute Gasteiger partial charge is 0.309 e. The van der Waals surface area contributed by atoms with Crippen LogP contribution in [0.3, 0.4) is 0 Å². The molecule has 1 atom stereocenters. The maximum absolute atomic E-state index is 11.6. The quantitative estimate of drug-likeness (QED) is 0.530. The van der Waals surface area contributed by atoms with E-state index in [1.54, 1.807) is 6.92 Å². The summed E-state index contributed by atoms with van der Waals surface area (Å²) in [5.74, 6) is -1.23. The number of likely N-dealkylation sites (N-methyl/N-ethyl adjacent to an activating group) is 1. The highest BCUT2D eigenvalue weighted by atomic mass is 16.5. The number of carbonyl (C=O) groups is 3. The molecule has 0 aromatic heterocycles. The van der Waals surface area contributed by atoms with Gasteiger partial charge in [0.2, 0.25) is 5.91 Å². The average molecular weight is 268 g/mol. The van der Waals surface area contributed by atoms with Gasteiger partial charge >= 0.3 is 5.97 Å². The Kier molecular flexibility index (Phi) is 6.63. The van der Waals surface area contributed by atoms with Crippen LogP contribution < -0.4 is 10.6 Å². The Morgan fingerprint density at radius 2 is 2.00 bits per heavy atom. The summed E-state index contributed by atoms with van der Waals surface area (Å²) in [5.41, 5.74) is 0. The standard InChI is InChI=1S/C13H20N2O4/c1-2-14-11(16)8-15-12(17)9-19-13(18)10-6-4-3-5-7-10/h3-4,10H,2,5-9H2,1H3,(H,14,16)(H,15,17)/t10-/m0/s1. The summed E-state index contributed by atoms with van der Waals surface area (Å²) in [5, 5.41) is 4.93. The van der Waals surface area contributed by atoms with E-state index in [-0.39, 0.29) is 30.9 Å². The Morgan fingerprint density at radius 1 is 1.21 bits per heavy atom. The molecule has 0 saturated heterocycles. The van der Waals surface area contributed by atoms with E-state index in [1.165, 1.54) is 0 Å². The summed E-state index contributed by atoms with van der Waals surface area (Å²) in [6.07, 6.45) is 6.27. The van der Waals surface area contributed by atoms with Gasteiger partial charge in [0.25, 0.3) is 5.91 Å². The minimum absolute atomic E-state index is 0.101.